The van der Waals surface area contributed by atoms with E-state index in [4.69, 9.17) is 5.73 Å². The summed E-state index contributed by atoms with van der Waals surface area (Å²) in [6, 6.07) is 10.8. The number of fused-ring (bicyclic) bond motifs is 1. The van der Waals surface area contributed by atoms with Gasteiger partial charge >= 0.3 is 0 Å². The molecule has 0 unspecified atom stereocenters. The van der Waals surface area contributed by atoms with Gasteiger partial charge in [-0.3, -0.25) is 4.79 Å². The van der Waals surface area contributed by atoms with Crippen LogP contribution in [0, 0.1) is 0 Å². The van der Waals surface area contributed by atoms with Crippen molar-refractivity contribution in [3.8, 4) is 22.5 Å². The Labute approximate surface area is 227 Å². The minimum Gasteiger partial charge on any atom is -0.387 e. The van der Waals surface area contributed by atoms with E-state index in [2.05, 4.69) is 68.1 Å². The van der Waals surface area contributed by atoms with E-state index in [1.54, 1.807) is 4.90 Å². The van der Waals surface area contributed by atoms with Gasteiger partial charge in [0.05, 0.1) is 29.2 Å². The first kappa shape index (κ1) is 25.3. The van der Waals surface area contributed by atoms with Crippen molar-refractivity contribution in [2.45, 2.75) is 57.5 Å². The lowest BCUT2D eigenvalue weighted by atomic mass is 9.95. The highest BCUT2D eigenvalue weighted by atomic mass is 16.3. The number of carbonyl (C=O) groups excluding carboxylic acids is 1. The Kier molecular flexibility index (Phi) is 6.46. The van der Waals surface area contributed by atoms with Crippen LogP contribution in [0.25, 0.3) is 28.0 Å². The van der Waals surface area contributed by atoms with Crippen molar-refractivity contribution < 1.29 is 9.90 Å². The molecule has 11 nitrogen and oxygen atoms in total. The second-order valence-corrected chi connectivity index (χ2v) is 11.2. The smallest absolute Gasteiger partial charge is 0.248 e. The Morgan fingerprint density at radius 2 is 1.95 bits per heavy atom. The number of rotatable bonds is 5. The number of anilines is 2. The summed E-state index contributed by atoms with van der Waals surface area (Å²) in [4.78, 5) is 20.5. The fourth-order valence-electron chi connectivity index (χ4n) is 6.28. The molecule has 0 spiro atoms. The summed E-state index contributed by atoms with van der Waals surface area (Å²) in [5.41, 5.74) is 11.7. The molecule has 39 heavy (non-hydrogen) atoms. The molecule has 1 amide bonds. The van der Waals surface area contributed by atoms with Gasteiger partial charge < -0.3 is 20.6 Å². The van der Waals surface area contributed by atoms with Crippen molar-refractivity contribution in [2.24, 2.45) is 0 Å². The van der Waals surface area contributed by atoms with Gasteiger partial charge in [-0.05, 0) is 44.9 Å². The normalized spacial score (nSPS) is 18.1. The molecule has 4 aromatic rings. The largest absolute Gasteiger partial charge is 0.387 e. The van der Waals surface area contributed by atoms with Crippen LogP contribution >= 0.6 is 0 Å². The monoisotopic (exact) mass is 529 g/mol. The van der Waals surface area contributed by atoms with Crippen LogP contribution in [0.1, 0.15) is 52.0 Å². The average molecular weight is 530 g/mol. The summed E-state index contributed by atoms with van der Waals surface area (Å²) in [5, 5.41) is 22.7. The van der Waals surface area contributed by atoms with Crippen LogP contribution in [0.15, 0.2) is 42.9 Å². The van der Waals surface area contributed by atoms with Crippen molar-refractivity contribution in [1.82, 2.24) is 34.5 Å². The Morgan fingerprint density at radius 1 is 1.13 bits per heavy atom. The molecule has 3 aromatic heterocycles. The van der Waals surface area contributed by atoms with E-state index < -0.39 is 6.61 Å². The average Bonchev–Trinajstić information content (AvgIpc) is 3.58. The van der Waals surface area contributed by atoms with Gasteiger partial charge in [0.25, 0.3) is 0 Å². The quantitative estimate of drug-likeness (QED) is 0.403. The van der Waals surface area contributed by atoms with Crippen molar-refractivity contribution in [2.75, 3.05) is 36.9 Å². The number of hydrogen-bond donors (Lipinski definition) is 2. The lowest BCUT2D eigenvalue weighted by Gasteiger charge is -2.48. The third kappa shape index (κ3) is 4.50. The zero-order chi connectivity index (χ0) is 27.1. The third-order valence-corrected chi connectivity index (χ3v) is 8.20. The molecular formula is C28H35N9O2. The Hall–Kier alpha value is -3.99. The van der Waals surface area contributed by atoms with Crippen LogP contribution in [-0.4, -0.2) is 77.3 Å². The fourth-order valence-corrected chi connectivity index (χ4v) is 6.28. The number of piperazine rings is 1. The number of amides is 1. The summed E-state index contributed by atoms with van der Waals surface area (Å²) >= 11 is 0. The Balaban J connectivity index is 1.41. The summed E-state index contributed by atoms with van der Waals surface area (Å²) < 4.78 is 3.91. The van der Waals surface area contributed by atoms with E-state index in [0.29, 0.717) is 31.5 Å². The Morgan fingerprint density at radius 3 is 2.72 bits per heavy atom. The van der Waals surface area contributed by atoms with E-state index >= 15 is 0 Å². The van der Waals surface area contributed by atoms with Crippen molar-refractivity contribution in [3.63, 3.8) is 0 Å². The zero-order valence-electron chi connectivity index (χ0n) is 22.5. The molecule has 11 heteroatoms. The van der Waals surface area contributed by atoms with Crippen LogP contribution in [0.4, 0.5) is 11.5 Å². The van der Waals surface area contributed by atoms with Crippen LogP contribution in [-0.2, 0) is 4.79 Å². The van der Waals surface area contributed by atoms with Crippen molar-refractivity contribution >= 4 is 22.9 Å². The molecular weight excluding hydrogens is 494 g/mol. The lowest BCUT2D eigenvalue weighted by Crippen LogP contribution is -2.61. The summed E-state index contributed by atoms with van der Waals surface area (Å²) in [6.45, 7) is 5.55. The van der Waals surface area contributed by atoms with Gasteiger partial charge in [-0.1, -0.05) is 36.6 Å². The fraction of sp³-hybridized carbons (Fsp3) is 0.464. The molecule has 0 bridgehead atoms. The van der Waals surface area contributed by atoms with E-state index in [0.717, 1.165) is 46.6 Å². The number of hydrogen-bond acceptors (Lipinski definition) is 8. The minimum absolute atomic E-state index is 0.233. The number of nitrogens with zero attached hydrogens (tertiary/aromatic N) is 8. The van der Waals surface area contributed by atoms with Crippen LogP contribution in [0.5, 0.6) is 0 Å². The van der Waals surface area contributed by atoms with Gasteiger partial charge in [0, 0.05) is 36.4 Å². The van der Waals surface area contributed by atoms with Crippen molar-refractivity contribution in [3.05, 3.63) is 42.9 Å². The molecule has 1 aliphatic carbocycles. The minimum atomic E-state index is -0.463. The van der Waals surface area contributed by atoms with Crippen molar-refractivity contribution in [1.29, 1.82) is 0 Å². The molecule has 1 saturated carbocycles. The first-order valence-corrected chi connectivity index (χ1v) is 13.7. The van der Waals surface area contributed by atoms with Gasteiger partial charge in [0.1, 0.15) is 18.5 Å². The molecule has 2 aliphatic rings. The number of benzene rings is 1. The summed E-state index contributed by atoms with van der Waals surface area (Å²) in [7, 11) is 0. The van der Waals surface area contributed by atoms with E-state index in [9.17, 15) is 9.90 Å². The maximum Gasteiger partial charge on any atom is 0.248 e. The topological polar surface area (TPSA) is 131 Å². The molecule has 3 N–H and O–H groups in total. The third-order valence-electron chi connectivity index (χ3n) is 8.20. The molecule has 0 radical (unpaired) electrons. The van der Waals surface area contributed by atoms with Crippen LogP contribution < -0.4 is 10.6 Å². The molecule has 1 aromatic carbocycles. The Bertz CT molecular complexity index is 1500. The van der Waals surface area contributed by atoms with Gasteiger partial charge in [0.15, 0.2) is 5.82 Å². The predicted molar refractivity (Wildman–Crippen MR) is 149 cm³/mol. The lowest BCUT2D eigenvalue weighted by molar-refractivity contribution is -0.135. The number of nitrogens with two attached hydrogens (primary N) is 1. The number of carbonyl (C=O) groups is 1. The van der Waals surface area contributed by atoms with E-state index in [1.165, 1.54) is 25.6 Å². The first-order valence-electron chi connectivity index (χ1n) is 13.7. The molecule has 6 rings (SSSR count). The predicted octanol–water partition coefficient (Wildman–Crippen LogP) is 3.16. The number of aliphatic hydroxyl groups is 1. The second kappa shape index (κ2) is 9.96. The summed E-state index contributed by atoms with van der Waals surface area (Å²) in [6.07, 6.45) is 9.14. The molecule has 1 saturated heterocycles. The number of aliphatic hydroxyl groups excluding tert-OH is 1. The summed E-state index contributed by atoms with van der Waals surface area (Å²) in [5.74, 6) is 0.174. The van der Waals surface area contributed by atoms with Crippen LogP contribution in [0.3, 0.4) is 0 Å². The highest BCUT2D eigenvalue weighted by Gasteiger charge is 2.35. The van der Waals surface area contributed by atoms with Gasteiger partial charge in [-0.15, -0.1) is 5.10 Å². The van der Waals surface area contributed by atoms with E-state index in [1.807, 2.05) is 16.8 Å². The second-order valence-electron chi connectivity index (χ2n) is 11.2. The van der Waals surface area contributed by atoms with E-state index in [-0.39, 0.29) is 11.4 Å². The molecule has 1 aliphatic heterocycles. The van der Waals surface area contributed by atoms with Gasteiger partial charge in [0.2, 0.25) is 5.91 Å². The van der Waals surface area contributed by atoms with Gasteiger partial charge in [-0.25, -0.2) is 14.2 Å². The number of nitrogen functional groups attached to an aromatic ring is 1. The highest BCUT2D eigenvalue weighted by molar-refractivity contribution is 5.91. The molecule has 4 heterocycles. The molecule has 0 atom stereocenters. The number of aromatic nitrogens is 6. The standard InChI is InChI=1S/C28H35N9O2/c1-28(2)17-34(25(39)16-38)11-12-35(28)21-10-6-7-19(13-21)23-14-22(26-27(29)30-18-32-37(23)26)24-15-31-33-36(24)20-8-4-3-5-9-20/h6-7,10,13-15,18,20,38H,3-5,8-9,11-12,16-17H2,1-2H3,(H2,29,30,32). The SMILES string of the molecule is CC1(C)CN(C(=O)CO)CCN1c1cccc(-c2cc(-c3cnnn3C3CCCCC3)c3c(N)ncnn23)c1. The maximum absolute atomic E-state index is 12.1. The molecule has 2 fully saturated rings. The molecule has 204 valence electrons. The first-order chi connectivity index (χ1) is 18.9. The van der Waals surface area contributed by atoms with Crippen LogP contribution in [0.2, 0.25) is 0 Å². The highest BCUT2D eigenvalue weighted by Crippen LogP contribution is 2.38. The van der Waals surface area contributed by atoms with Gasteiger partial charge in [-0.2, -0.15) is 5.10 Å². The maximum atomic E-state index is 12.1. The zero-order valence-corrected chi connectivity index (χ0v) is 22.5.